The molecule has 1 aliphatic rings. The second kappa shape index (κ2) is 5.70. The van der Waals surface area contributed by atoms with Crippen LogP contribution in [0.1, 0.15) is 26.9 Å². The van der Waals surface area contributed by atoms with Crippen molar-refractivity contribution in [3.8, 4) is 0 Å². The largest absolute Gasteiger partial charge is 0.320 e. The molecule has 108 valence electrons. The lowest BCUT2D eigenvalue weighted by Crippen LogP contribution is -2.09. The maximum atomic E-state index is 6.58. The molecule has 1 nitrogen and oxygen atoms in total. The summed E-state index contributed by atoms with van der Waals surface area (Å²) >= 11 is 9.34. The van der Waals surface area contributed by atoms with E-state index in [1.807, 2.05) is 23.1 Å². The van der Waals surface area contributed by atoms with Crippen LogP contribution in [-0.2, 0) is 12.2 Å². The molecule has 0 spiro atoms. The number of rotatable bonds is 2. The fourth-order valence-electron chi connectivity index (χ4n) is 2.76. The van der Waals surface area contributed by atoms with Gasteiger partial charge in [-0.05, 0) is 62.1 Å². The van der Waals surface area contributed by atoms with E-state index in [1.54, 1.807) is 16.2 Å². The van der Waals surface area contributed by atoms with Gasteiger partial charge in [0.2, 0.25) is 0 Å². The Balaban J connectivity index is 1.77. The predicted octanol–water partition coefficient (Wildman–Crippen LogP) is 5.56. The van der Waals surface area contributed by atoms with E-state index in [1.165, 1.54) is 38.3 Å². The lowest BCUT2D eigenvalue weighted by Gasteiger charge is -2.08. The molecule has 0 aliphatic carbocycles. The van der Waals surface area contributed by atoms with Gasteiger partial charge in [-0.3, -0.25) is 0 Å². The van der Waals surface area contributed by atoms with E-state index in [4.69, 9.17) is 5.73 Å². The summed E-state index contributed by atoms with van der Waals surface area (Å²) in [5, 5.41) is 3.50. The molecule has 0 saturated carbocycles. The highest BCUT2D eigenvalue weighted by Gasteiger charge is 2.20. The molecule has 2 N–H and O–H groups in total. The van der Waals surface area contributed by atoms with E-state index in [9.17, 15) is 0 Å². The highest BCUT2D eigenvalue weighted by atomic mass is 79.9. The Morgan fingerprint density at radius 3 is 3.05 bits per heavy atom. The zero-order valence-electron chi connectivity index (χ0n) is 11.3. The van der Waals surface area contributed by atoms with Gasteiger partial charge >= 0.3 is 0 Å². The smallest absolute Gasteiger partial charge is 0.0660 e. The molecule has 0 bridgehead atoms. The van der Waals surface area contributed by atoms with Crippen LogP contribution in [0.5, 0.6) is 0 Å². The lowest BCUT2D eigenvalue weighted by atomic mass is 10.0. The van der Waals surface area contributed by atoms with Crippen molar-refractivity contribution in [1.82, 2.24) is 0 Å². The van der Waals surface area contributed by atoms with Gasteiger partial charge in [-0.1, -0.05) is 12.1 Å². The number of hydrogen-bond donors (Lipinski definition) is 1. The van der Waals surface area contributed by atoms with Gasteiger partial charge in [-0.2, -0.15) is 11.8 Å². The van der Waals surface area contributed by atoms with Crippen LogP contribution in [0.2, 0.25) is 0 Å². The molecule has 5 heteroatoms. The monoisotopic (exact) mass is 395 g/mol. The molecule has 0 saturated heterocycles. The molecule has 3 aromatic rings. The standard InChI is InChI=1S/C16H14BrNS3/c17-12-3-1-2-10-11(8-20-16(10)12)15(18)14-6-9-7-19-5-4-13(9)21-14/h1-3,6,8,15H,4-5,7,18H2. The minimum Gasteiger partial charge on any atom is -0.320 e. The van der Waals surface area contributed by atoms with Gasteiger partial charge in [0.1, 0.15) is 0 Å². The van der Waals surface area contributed by atoms with Crippen molar-refractivity contribution < 1.29 is 0 Å². The Morgan fingerprint density at radius 1 is 1.29 bits per heavy atom. The first-order valence-corrected chi connectivity index (χ1v) is 10.5. The summed E-state index contributed by atoms with van der Waals surface area (Å²) in [6, 6.07) is 8.68. The third-order valence-electron chi connectivity index (χ3n) is 3.87. The van der Waals surface area contributed by atoms with Crippen molar-refractivity contribution in [3.63, 3.8) is 0 Å². The van der Waals surface area contributed by atoms with Gasteiger partial charge in [-0.25, -0.2) is 0 Å². The predicted molar refractivity (Wildman–Crippen MR) is 99.7 cm³/mol. The van der Waals surface area contributed by atoms with Crippen molar-refractivity contribution in [3.05, 3.63) is 55.0 Å². The van der Waals surface area contributed by atoms with Crippen molar-refractivity contribution in [2.45, 2.75) is 18.2 Å². The number of thiophene rings is 2. The average molecular weight is 396 g/mol. The van der Waals surface area contributed by atoms with E-state index in [-0.39, 0.29) is 6.04 Å². The molecule has 1 aromatic carbocycles. The first kappa shape index (κ1) is 14.3. The second-order valence-corrected chi connectivity index (χ2v) is 9.19. The van der Waals surface area contributed by atoms with E-state index < -0.39 is 0 Å². The van der Waals surface area contributed by atoms with Gasteiger partial charge in [-0.15, -0.1) is 22.7 Å². The highest BCUT2D eigenvalue weighted by molar-refractivity contribution is 9.10. The van der Waals surface area contributed by atoms with Crippen LogP contribution >= 0.6 is 50.4 Å². The number of fused-ring (bicyclic) bond motifs is 2. The van der Waals surface area contributed by atoms with E-state index in [2.05, 4.69) is 45.6 Å². The average Bonchev–Trinajstić information content (AvgIpc) is 3.11. The summed E-state index contributed by atoms with van der Waals surface area (Å²) in [6.07, 6.45) is 1.20. The maximum Gasteiger partial charge on any atom is 0.0660 e. The van der Waals surface area contributed by atoms with E-state index in [0.29, 0.717) is 0 Å². The number of thioether (sulfide) groups is 1. The summed E-state index contributed by atoms with van der Waals surface area (Å²) in [4.78, 5) is 2.85. The van der Waals surface area contributed by atoms with Gasteiger partial charge in [0.05, 0.1) is 6.04 Å². The molecule has 0 radical (unpaired) electrons. The Morgan fingerprint density at radius 2 is 2.19 bits per heavy atom. The SMILES string of the molecule is NC(c1cc2c(s1)CCSC2)c1csc2c(Br)cccc12. The topological polar surface area (TPSA) is 26.0 Å². The Labute approximate surface area is 144 Å². The third-order valence-corrected chi connectivity index (χ3v) is 8.17. The highest BCUT2D eigenvalue weighted by Crippen LogP contribution is 2.40. The number of halogens is 1. The molecule has 2 aromatic heterocycles. The van der Waals surface area contributed by atoms with Crippen molar-refractivity contribution in [2.24, 2.45) is 5.73 Å². The van der Waals surface area contributed by atoms with Crippen LogP contribution in [0.4, 0.5) is 0 Å². The Kier molecular flexibility index (Phi) is 3.88. The van der Waals surface area contributed by atoms with Crippen LogP contribution in [0.15, 0.2) is 34.1 Å². The number of aryl methyl sites for hydroxylation is 1. The number of nitrogens with two attached hydrogens (primary N) is 1. The quantitative estimate of drug-likeness (QED) is 0.614. The molecular weight excluding hydrogens is 382 g/mol. The third kappa shape index (κ3) is 2.49. The normalized spacial score (nSPS) is 16.1. The zero-order valence-corrected chi connectivity index (χ0v) is 15.3. The van der Waals surface area contributed by atoms with Gasteiger partial charge < -0.3 is 5.73 Å². The van der Waals surface area contributed by atoms with Crippen molar-refractivity contribution >= 4 is 60.5 Å². The summed E-state index contributed by atoms with van der Waals surface area (Å²) in [6.45, 7) is 0. The second-order valence-electron chi connectivity index (χ2n) is 5.19. The zero-order chi connectivity index (χ0) is 14.4. The molecule has 3 heterocycles. The van der Waals surface area contributed by atoms with Crippen LogP contribution in [0.3, 0.4) is 0 Å². The summed E-state index contributed by atoms with van der Waals surface area (Å²) in [7, 11) is 0. The van der Waals surface area contributed by atoms with Gasteiger partial charge in [0.25, 0.3) is 0 Å². The molecule has 1 atom stereocenters. The van der Waals surface area contributed by atoms with Crippen molar-refractivity contribution in [2.75, 3.05) is 5.75 Å². The van der Waals surface area contributed by atoms with E-state index in [0.717, 1.165) is 10.2 Å². The molecule has 0 amide bonds. The molecular formula is C16H14BrNS3. The summed E-state index contributed by atoms with van der Waals surface area (Å²) in [5.41, 5.74) is 9.34. The van der Waals surface area contributed by atoms with Gasteiger partial charge in [0.15, 0.2) is 0 Å². The van der Waals surface area contributed by atoms with Crippen LogP contribution in [0.25, 0.3) is 10.1 Å². The first-order chi connectivity index (χ1) is 10.2. The minimum atomic E-state index is -0.00588. The Bertz CT molecular complexity index is 782. The summed E-state index contributed by atoms with van der Waals surface area (Å²) < 4.78 is 2.45. The fraction of sp³-hybridized carbons (Fsp3) is 0.250. The molecule has 0 fully saturated rings. The Hall–Kier alpha value is -0.330. The number of benzene rings is 1. The molecule has 4 rings (SSSR count). The van der Waals surface area contributed by atoms with Crippen LogP contribution < -0.4 is 5.73 Å². The number of hydrogen-bond acceptors (Lipinski definition) is 4. The molecule has 21 heavy (non-hydrogen) atoms. The fourth-order valence-corrected chi connectivity index (χ4v) is 6.81. The van der Waals surface area contributed by atoms with Crippen LogP contribution in [0, 0.1) is 0 Å². The van der Waals surface area contributed by atoms with E-state index >= 15 is 0 Å². The lowest BCUT2D eigenvalue weighted by molar-refractivity contribution is 0.907. The first-order valence-electron chi connectivity index (χ1n) is 6.84. The van der Waals surface area contributed by atoms with Crippen molar-refractivity contribution in [1.29, 1.82) is 0 Å². The van der Waals surface area contributed by atoms with Gasteiger partial charge in [0, 0.05) is 24.7 Å². The minimum absolute atomic E-state index is 0.00588. The summed E-state index contributed by atoms with van der Waals surface area (Å²) in [5.74, 6) is 2.39. The molecule has 1 aliphatic heterocycles. The molecule has 1 unspecified atom stereocenters. The maximum absolute atomic E-state index is 6.58. The van der Waals surface area contributed by atoms with Crippen LogP contribution in [-0.4, -0.2) is 5.75 Å².